The summed E-state index contributed by atoms with van der Waals surface area (Å²) in [4.78, 5) is 38.9. The molecule has 1 aliphatic carbocycles. The van der Waals surface area contributed by atoms with E-state index in [1.54, 1.807) is 4.90 Å². The van der Waals surface area contributed by atoms with Crippen LogP contribution >= 0.6 is 0 Å². The zero-order valence-corrected chi connectivity index (χ0v) is 20.5. The summed E-state index contributed by atoms with van der Waals surface area (Å²) in [6.07, 6.45) is 5.45. The third-order valence-electron chi connectivity index (χ3n) is 6.69. The SMILES string of the molecule is CC(C)(C)OC(=O)N1CCC(OC(=O)N[C@@H](CC2CCCCC2)C(=O)O)(c2ccccc2)CC1. The van der Waals surface area contributed by atoms with Gasteiger partial charge in [0.05, 0.1) is 0 Å². The Balaban J connectivity index is 1.68. The van der Waals surface area contributed by atoms with Crippen LogP contribution in [0.15, 0.2) is 30.3 Å². The molecule has 2 fully saturated rings. The van der Waals surface area contributed by atoms with Crippen LogP contribution in [0.2, 0.25) is 0 Å². The molecule has 1 saturated carbocycles. The van der Waals surface area contributed by atoms with Crippen LogP contribution in [0, 0.1) is 5.92 Å². The molecule has 8 nitrogen and oxygen atoms in total. The average Bonchev–Trinajstić information content (AvgIpc) is 2.79. The monoisotopic (exact) mass is 474 g/mol. The van der Waals surface area contributed by atoms with Crippen molar-refractivity contribution in [3.63, 3.8) is 0 Å². The van der Waals surface area contributed by atoms with Gasteiger partial charge in [0.1, 0.15) is 17.2 Å². The number of amides is 2. The normalized spacial score (nSPS) is 19.7. The number of aliphatic carboxylic acids is 1. The number of hydrogen-bond acceptors (Lipinski definition) is 5. The van der Waals surface area contributed by atoms with Gasteiger partial charge in [-0.1, -0.05) is 62.4 Å². The molecular weight excluding hydrogens is 436 g/mol. The zero-order valence-electron chi connectivity index (χ0n) is 20.5. The maximum atomic E-state index is 12.9. The molecule has 2 amide bonds. The number of carboxylic acid groups (broad SMARTS) is 1. The molecule has 1 aromatic carbocycles. The summed E-state index contributed by atoms with van der Waals surface area (Å²) < 4.78 is 11.5. The highest BCUT2D eigenvalue weighted by Gasteiger charge is 2.42. The summed E-state index contributed by atoms with van der Waals surface area (Å²) in [5.41, 5.74) is -0.711. The van der Waals surface area contributed by atoms with Crippen molar-refractivity contribution in [3.05, 3.63) is 35.9 Å². The van der Waals surface area contributed by atoms with E-state index >= 15 is 0 Å². The first kappa shape index (κ1) is 25.8. The van der Waals surface area contributed by atoms with E-state index in [1.807, 2.05) is 51.1 Å². The highest BCUT2D eigenvalue weighted by Crippen LogP contribution is 2.37. The number of carbonyl (C=O) groups excluding carboxylic acids is 2. The Morgan fingerprint density at radius 2 is 1.71 bits per heavy atom. The van der Waals surface area contributed by atoms with E-state index in [9.17, 15) is 19.5 Å². The molecule has 1 atom stereocenters. The molecule has 0 spiro atoms. The number of carboxylic acids is 1. The van der Waals surface area contributed by atoms with Crippen molar-refractivity contribution in [2.24, 2.45) is 5.92 Å². The van der Waals surface area contributed by atoms with Crippen LogP contribution in [0.25, 0.3) is 0 Å². The number of alkyl carbamates (subject to hydrolysis) is 1. The van der Waals surface area contributed by atoms with E-state index < -0.39 is 35.4 Å². The third kappa shape index (κ3) is 7.11. The summed E-state index contributed by atoms with van der Waals surface area (Å²) in [7, 11) is 0. The largest absolute Gasteiger partial charge is 0.480 e. The minimum Gasteiger partial charge on any atom is -0.480 e. The molecular formula is C26H38N2O6. The number of ether oxygens (including phenoxy) is 2. The summed E-state index contributed by atoms with van der Waals surface area (Å²) in [5.74, 6) is -0.744. The lowest BCUT2D eigenvalue weighted by atomic mass is 9.84. The minimum absolute atomic E-state index is 0.301. The second-order valence-corrected chi connectivity index (χ2v) is 10.5. The molecule has 1 heterocycles. The topological polar surface area (TPSA) is 105 Å². The Morgan fingerprint density at radius 3 is 2.26 bits per heavy atom. The van der Waals surface area contributed by atoms with Crippen molar-refractivity contribution in [1.29, 1.82) is 0 Å². The lowest BCUT2D eigenvalue weighted by molar-refractivity contribution is -0.140. The van der Waals surface area contributed by atoms with E-state index in [0.717, 1.165) is 31.2 Å². The van der Waals surface area contributed by atoms with Crippen LogP contribution in [-0.2, 0) is 19.9 Å². The van der Waals surface area contributed by atoms with Crippen LogP contribution in [0.5, 0.6) is 0 Å². The molecule has 2 aliphatic rings. The predicted molar refractivity (Wildman–Crippen MR) is 127 cm³/mol. The molecule has 0 bridgehead atoms. The first-order valence-electron chi connectivity index (χ1n) is 12.3. The Hall–Kier alpha value is -2.77. The average molecular weight is 475 g/mol. The highest BCUT2D eigenvalue weighted by atomic mass is 16.6. The standard InChI is InChI=1S/C26H38N2O6/c1-25(2,3)34-24(32)28-16-14-26(15-17-28,20-12-8-5-9-13-20)33-23(31)27-21(22(29)30)18-19-10-6-4-7-11-19/h5,8-9,12-13,19,21H,4,6-7,10-11,14-18H2,1-3H3,(H,27,31)(H,29,30)/t21-/m0/s1. The Labute approximate surface area is 202 Å². The predicted octanol–water partition coefficient (Wildman–Crippen LogP) is 5.06. The summed E-state index contributed by atoms with van der Waals surface area (Å²) in [6, 6.07) is 8.45. The Morgan fingerprint density at radius 1 is 1.09 bits per heavy atom. The first-order chi connectivity index (χ1) is 16.1. The molecule has 8 heteroatoms. The second-order valence-electron chi connectivity index (χ2n) is 10.5. The van der Waals surface area contributed by atoms with Crippen molar-refractivity contribution in [3.8, 4) is 0 Å². The van der Waals surface area contributed by atoms with Crippen molar-refractivity contribution in [1.82, 2.24) is 10.2 Å². The van der Waals surface area contributed by atoms with Gasteiger partial charge in [-0.25, -0.2) is 14.4 Å². The Bertz CT molecular complexity index is 837. The second kappa shape index (κ2) is 11.1. The summed E-state index contributed by atoms with van der Waals surface area (Å²) >= 11 is 0. The van der Waals surface area contributed by atoms with E-state index in [0.29, 0.717) is 38.3 Å². The molecule has 1 aromatic rings. The smallest absolute Gasteiger partial charge is 0.410 e. The van der Waals surface area contributed by atoms with E-state index in [4.69, 9.17) is 9.47 Å². The number of carbonyl (C=O) groups is 3. The minimum atomic E-state index is -1.05. The summed E-state index contributed by atoms with van der Waals surface area (Å²) in [5, 5.41) is 12.3. The fourth-order valence-electron chi connectivity index (χ4n) is 4.90. The van der Waals surface area contributed by atoms with Crippen LogP contribution < -0.4 is 5.32 Å². The van der Waals surface area contributed by atoms with Gasteiger partial charge in [-0.15, -0.1) is 0 Å². The molecule has 3 rings (SSSR count). The summed E-state index contributed by atoms with van der Waals surface area (Å²) in [6.45, 7) is 6.19. The van der Waals surface area contributed by atoms with Crippen LogP contribution in [0.4, 0.5) is 9.59 Å². The zero-order chi connectivity index (χ0) is 24.8. The van der Waals surface area contributed by atoms with E-state index in [-0.39, 0.29) is 0 Å². The maximum absolute atomic E-state index is 12.9. The molecule has 1 saturated heterocycles. The number of piperidine rings is 1. The van der Waals surface area contributed by atoms with E-state index in [1.165, 1.54) is 6.42 Å². The first-order valence-corrected chi connectivity index (χ1v) is 12.3. The molecule has 0 aromatic heterocycles. The molecule has 0 unspecified atom stereocenters. The number of likely N-dealkylation sites (tertiary alicyclic amines) is 1. The van der Waals surface area contributed by atoms with Crippen LogP contribution in [0.3, 0.4) is 0 Å². The van der Waals surface area contributed by atoms with E-state index in [2.05, 4.69) is 5.32 Å². The fraction of sp³-hybridized carbons (Fsp3) is 0.654. The third-order valence-corrected chi connectivity index (χ3v) is 6.69. The van der Waals surface area contributed by atoms with Gasteiger partial charge in [0.25, 0.3) is 0 Å². The van der Waals surface area contributed by atoms with Crippen LogP contribution in [-0.4, -0.2) is 52.9 Å². The van der Waals surface area contributed by atoms with Gasteiger partial charge in [0.2, 0.25) is 0 Å². The van der Waals surface area contributed by atoms with Crippen molar-refractivity contribution >= 4 is 18.2 Å². The van der Waals surface area contributed by atoms with Gasteiger partial charge in [-0.3, -0.25) is 0 Å². The molecule has 0 radical (unpaired) electrons. The molecule has 1 aliphatic heterocycles. The Kier molecular flexibility index (Phi) is 8.44. The van der Waals surface area contributed by atoms with Gasteiger partial charge in [0, 0.05) is 25.9 Å². The van der Waals surface area contributed by atoms with Gasteiger partial charge in [0.15, 0.2) is 0 Å². The molecule has 188 valence electrons. The fourth-order valence-corrected chi connectivity index (χ4v) is 4.90. The quantitative estimate of drug-likeness (QED) is 0.597. The number of nitrogens with zero attached hydrogens (tertiary/aromatic N) is 1. The lowest BCUT2D eigenvalue weighted by Crippen LogP contribution is -2.51. The van der Waals surface area contributed by atoms with Gasteiger partial charge in [-0.05, 0) is 38.7 Å². The molecule has 2 N–H and O–H groups in total. The number of benzene rings is 1. The van der Waals surface area contributed by atoms with Gasteiger partial charge in [-0.2, -0.15) is 0 Å². The molecule has 34 heavy (non-hydrogen) atoms. The lowest BCUT2D eigenvalue weighted by Gasteiger charge is -2.41. The maximum Gasteiger partial charge on any atom is 0.410 e. The number of rotatable bonds is 6. The van der Waals surface area contributed by atoms with Crippen molar-refractivity contribution in [2.75, 3.05) is 13.1 Å². The van der Waals surface area contributed by atoms with Gasteiger partial charge < -0.3 is 24.8 Å². The van der Waals surface area contributed by atoms with Crippen molar-refractivity contribution < 1.29 is 29.0 Å². The highest BCUT2D eigenvalue weighted by molar-refractivity contribution is 5.80. The van der Waals surface area contributed by atoms with Crippen LogP contribution in [0.1, 0.15) is 77.7 Å². The number of hydrogen-bond donors (Lipinski definition) is 2. The number of nitrogens with one attached hydrogen (secondary N) is 1. The van der Waals surface area contributed by atoms with Gasteiger partial charge >= 0.3 is 18.2 Å². The van der Waals surface area contributed by atoms with Crippen molar-refractivity contribution in [2.45, 2.75) is 89.4 Å².